The lowest BCUT2D eigenvalue weighted by molar-refractivity contribution is 0.483. The van der Waals surface area contributed by atoms with Crippen LogP contribution in [-0.4, -0.2) is 18.0 Å². The molecule has 0 radical (unpaired) electrons. The molecule has 0 spiro atoms. The summed E-state index contributed by atoms with van der Waals surface area (Å²) in [6, 6.07) is 4.15. The second-order valence-electron chi connectivity index (χ2n) is 2.57. The van der Waals surface area contributed by atoms with E-state index in [4.69, 9.17) is 16.2 Å². The predicted molar refractivity (Wildman–Crippen MR) is 61.7 cm³/mol. The average Bonchev–Trinajstić information content (AvgIpc) is 2.41. The molecule has 0 saturated heterocycles. The topological polar surface area (TPSA) is 67.3 Å². The molecule has 0 amide bonds. The van der Waals surface area contributed by atoms with E-state index in [1.54, 1.807) is 6.07 Å². The molecule has 0 unspecified atom stereocenters. The monoisotopic (exact) mass is 285 g/mol. The summed E-state index contributed by atoms with van der Waals surface area (Å²) in [6.07, 6.45) is 0. The lowest BCUT2D eigenvalue weighted by Crippen LogP contribution is -1.96. The van der Waals surface area contributed by atoms with E-state index >= 15 is 0 Å². The van der Waals surface area contributed by atoms with Crippen LogP contribution in [-0.2, 0) is 10.1 Å². The van der Waals surface area contributed by atoms with E-state index < -0.39 is 10.1 Å². The molecule has 0 aliphatic heterocycles. The van der Waals surface area contributed by atoms with Crippen LogP contribution in [0.5, 0.6) is 0 Å². The molecule has 0 fully saturated rings. The molecule has 1 heterocycles. The van der Waals surface area contributed by atoms with Gasteiger partial charge in [0, 0.05) is 0 Å². The van der Waals surface area contributed by atoms with Crippen molar-refractivity contribution in [2.24, 2.45) is 0 Å². The van der Waals surface area contributed by atoms with Crippen LogP contribution in [0.2, 0.25) is 4.47 Å². The Kier molecular flexibility index (Phi) is 3.57. The predicted octanol–water partition coefficient (Wildman–Crippen LogP) is 2.62. The molecule has 4 nitrogen and oxygen atoms in total. The molecular weight excluding hydrogens is 281 g/mol. The van der Waals surface area contributed by atoms with Crippen molar-refractivity contribution in [1.82, 2.24) is 4.98 Å². The molecule has 0 bridgehead atoms. The molecule has 0 saturated carbocycles. The van der Waals surface area contributed by atoms with Gasteiger partial charge < -0.3 is 0 Å². The summed E-state index contributed by atoms with van der Waals surface area (Å²) in [5.74, 6) is 0. The van der Waals surface area contributed by atoms with Crippen molar-refractivity contribution in [3.8, 4) is 0 Å². The number of thiazole rings is 1. The van der Waals surface area contributed by atoms with Crippen LogP contribution < -0.4 is 0 Å². The Morgan fingerprint density at radius 3 is 2.67 bits per heavy atom. The minimum atomic E-state index is -4.16. The van der Waals surface area contributed by atoms with E-state index in [2.05, 4.69) is 4.98 Å². The van der Waals surface area contributed by atoms with E-state index in [0.29, 0.717) is 9.98 Å². The van der Waals surface area contributed by atoms with Crippen LogP contribution in [0.3, 0.4) is 0 Å². The van der Waals surface area contributed by atoms with Gasteiger partial charge in [0.25, 0.3) is 10.1 Å². The van der Waals surface area contributed by atoms with Gasteiger partial charge in [-0.05, 0) is 18.2 Å². The standard InChI is InChI=1S/C7H4ClNO3S2.ClH/c8-7-9-5-3-4(14(10,11)12)1-2-6(5)13-7;/h1-3H,(H,10,11,12);1H. The fraction of sp³-hybridized carbons (Fsp3) is 0. The quantitative estimate of drug-likeness (QED) is 0.818. The number of rotatable bonds is 1. The molecule has 1 aromatic carbocycles. The molecule has 0 aliphatic rings. The number of aromatic nitrogens is 1. The third-order valence-corrected chi connectivity index (χ3v) is 3.62. The Balaban J connectivity index is 0.00000112. The van der Waals surface area contributed by atoms with Gasteiger partial charge in [0.2, 0.25) is 0 Å². The minimum absolute atomic E-state index is 0. The first-order chi connectivity index (χ1) is 6.47. The molecule has 2 aromatic rings. The number of hydrogen-bond donors (Lipinski definition) is 1. The summed E-state index contributed by atoms with van der Waals surface area (Å²) in [6.45, 7) is 0. The SMILES string of the molecule is Cl.O=S(=O)(O)c1ccc2sc(Cl)nc2c1. The summed E-state index contributed by atoms with van der Waals surface area (Å²) in [5.41, 5.74) is 0.468. The number of halogens is 2. The van der Waals surface area contributed by atoms with E-state index in [0.717, 1.165) is 4.70 Å². The van der Waals surface area contributed by atoms with Gasteiger partial charge in [-0.15, -0.1) is 23.7 Å². The van der Waals surface area contributed by atoms with Crippen molar-refractivity contribution < 1.29 is 13.0 Å². The van der Waals surface area contributed by atoms with Crippen molar-refractivity contribution in [3.63, 3.8) is 0 Å². The van der Waals surface area contributed by atoms with Crippen LogP contribution in [0.15, 0.2) is 23.1 Å². The Morgan fingerprint density at radius 1 is 1.40 bits per heavy atom. The first-order valence-corrected chi connectivity index (χ1v) is 6.14. The number of nitrogens with zero attached hydrogens (tertiary/aromatic N) is 1. The highest BCUT2D eigenvalue weighted by Gasteiger charge is 2.11. The van der Waals surface area contributed by atoms with Crippen molar-refractivity contribution in [1.29, 1.82) is 0 Å². The molecule has 0 atom stereocenters. The Bertz CT molecular complexity index is 593. The van der Waals surface area contributed by atoms with Gasteiger partial charge in [0.1, 0.15) is 0 Å². The van der Waals surface area contributed by atoms with E-state index in [-0.39, 0.29) is 17.3 Å². The third kappa shape index (κ3) is 2.59. The van der Waals surface area contributed by atoms with Gasteiger partial charge in [0.15, 0.2) is 4.47 Å². The summed E-state index contributed by atoms with van der Waals surface area (Å²) in [4.78, 5) is 3.72. The maximum Gasteiger partial charge on any atom is 0.294 e. The van der Waals surface area contributed by atoms with Crippen LogP contribution in [0, 0.1) is 0 Å². The molecule has 82 valence electrons. The van der Waals surface area contributed by atoms with E-state index in [1.165, 1.54) is 23.5 Å². The van der Waals surface area contributed by atoms with Gasteiger partial charge >= 0.3 is 0 Å². The van der Waals surface area contributed by atoms with Crippen molar-refractivity contribution >= 4 is 55.7 Å². The van der Waals surface area contributed by atoms with Gasteiger partial charge in [-0.2, -0.15) is 8.42 Å². The summed E-state index contributed by atoms with van der Waals surface area (Å²) >= 11 is 6.89. The van der Waals surface area contributed by atoms with Crippen LogP contribution in [0.4, 0.5) is 0 Å². The number of hydrogen-bond acceptors (Lipinski definition) is 4. The lowest BCUT2D eigenvalue weighted by atomic mass is 10.3. The van der Waals surface area contributed by atoms with Gasteiger partial charge in [-0.3, -0.25) is 4.55 Å². The van der Waals surface area contributed by atoms with Crippen molar-refractivity contribution in [2.75, 3.05) is 0 Å². The number of fused-ring (bicyclic) bond motifs is 1. The van der Waals surface area contributed by atoms with Crippen LogP contribution in [0.25, 0.3) is 10.2 Å². The Hall–Kier alpha value is -0.400. The highest BCUT2D eigenvalue weighted by atomic mass is 35.5. The van der Waals surface area contributed by atoms with Gasteiger partial charge in [0.05, 0.1) is 15.1 Å². The molecule has 1 N–H and O–H groups in total. The zero-order valence-electron chi connectivity index (χ0n) is 7.05. The van der Waals surface area contributed by atoms with Gasteiger partial charge in [-0.25, -0.2) is 4.98 Å². The Labute approximate surface area is 101 Å². The second kappa shape index (κ2) is 4.23. The largest absolute Gasteiger partial charge is 0.294 e. The highest BCUT2D eigenvalue weighted by molar-refractivity contribution is 7.85. The van der Waals surface area contributed by atoms with Crippen molar-refractivity contribution in [3.05, 3.63) is 22.7 Å². The fourth-order valence-electron chi connectivity index (χ4n) is 1.04. The molecule has 0 aliphatic carbocycles. The second-order valence-corrected chi connectivity index (χ2v) is 5.61. The zero-order valence-corrected chi connectivity index (χ0v) is 10.3. The van der Waals surface area contributed by atoms with E-state index in [1.807, 2.05) is 0 Å². The molecular formula is C7H5Cl2NO3S2. The van der Waals surface area contributed by atoms with Crippen molar-refractivity contribution in [2.45, 2.75) is 4.90 Å². The summed E-state index contributed by atoms with van der Waals surface area (Å²) in [7, 11) is -4.16. The summed E-state index contributed by atoms with van der Waals surface area (Å²) in [5, 5.41) is 0. The molecule has 2 rings (SSSR count). The van der Waals surface area contributed by atoms with Crippen LogP contribution in [0.1, 0.15) is 0 Å². The first-order valence-electron chi connectivity index (χ1n) is 3.50. The van der Waals surface area contributed by atoms with E-state index in [9.17, 15) is 8.42 Å². The molecule has 1 aromatic heterocycles. The maximum atomic E-state index is 10.8. The number of benzene rings is 1. The average molecular weight is 286 g/mol. The smallest absolute Gasteiger partial charge is 0.282 e. The molecule has 15 heavy (non-hydrogen) atoms. The lowest BCUT2D eigenvalue weighted by Gasteiger charge is -1.94. The normalized spacial score (nSPS) is 11.3. The fourth-order valence-corrected chi connectivity index (χ4v) is 2.55. The first kappa shape index (κ1) is 12.7. The van der Waals surface area contributed by atoms with Crippen LogP contribution >= 0.6 is 35.3 Å². The minimum Gasteiger partial charge on any atom is -0.282 e. The highest BCUT2D eigenvalue weighted by Crippen LogP contribution is 2.27. The Morgan fingerprint density at radius 2 is 2.07 bits per heavy atom. The third-order valence-electron chi connectivity index (χ3n) is 1.63. The maximum absolute atomic E-state index is 10.8. The van der Waals surface area contributed by atoms with Gasteiger partial charge in [-0.1, -0.05) is 11.6 Å². The summed E-state index contributed by atoms with van der Waals surface area (Å²) < 4.78 is 31.5. The zero-order chi connectivity index (χ0) is 10.3. The molecule has 8 heteroatoms.